The first-order valence-corrected chi connectivity index (χ1v) is 8.59. The molecular formula is C18H21NS. The molecule has 1 saturated heterocycles. The molecule has 1 aliphatic rings. The first-order valence-electron chi connectivity index (χ1n) is 7.37. The summed E-state index contributed by atoms with van der Waals surface area (Å²) in [6.07, 6.45) is 6.14. The summed E-state index contributed by atoms with van der Waals surface area (Å²) in [4.78, 5) is 3.87. The number of rotatable bonds is 3. The molecule has 2 heteroatoms. The normalized spacial score (nSPS) is 15.3. The van der Waals surface area contributed by atoms with Crippen molar-refractivity contribution in [3.8, 4) is 11.1 Å². The molecule has 2 aromatic carbocycles. The van der Waals surface area contributed by atoms with Crippen molar-refractivity contribution in [3.63, 3.8) is 0 Å². The summed E-state index contributed by atoms with van der Waals surface area (Å²) in [6, 6.07) is 17.7. The molecule has 0 aliphatic carbocycles. The zero-order valence-electron chi connectivity index (χ0n) is 12.0. The lowest BCUT2D eigenvalue weighted by Crippen LogP contribution is -2.29. The van der Waals surface area contributed by atoms with Crippen molar-refractivity contribution in [2.75, 3.05) is 24.2 Å². The van der Waals surface area contributed by atoms with Crippen LogP contribution in [-0.2, 0) is 0 Å². The van der Waals surface area contributed by atoms with Gasteiger partial charge in [-0.1, -0.05) is 30.3 Å². The Labute approximate surface area is 126 Å². The van der Waals surface area contributed by atoms with E-state index < -0.39 is 0 Å². The largest absolute Gasteiger partial charge is 0.371 e. The van der Waals surface area contributed by atoms with Crippen LogP contribution in [-0.4, -0.2) is 19.3 Å². The Kier molecular flexibility index (Phi) is 4.31. The molecule has 0 N–H and O–H groups in total. The molecule has 0 saturated carbocycles. The average molecular weight is 283 g/mol. The van der Waals surface area contributed by atoms with Crippen LogP contribution in [0.1, 0.15) is 19.3 Å². The van der Waals surface area contributed by atoms with Gasteiger partial charge in [0.2, 0.25) is 0 Å². The van der Waals surface area contributed by atoms with Crippen molar-refractivity contribution >= 4 is 17.4 Å². The molecule has 20 heavy (non-hydrogen) atoms. The van der Waals surface area contributed by atoms with Gasteiger partial charge < -0.3 is 4.90 Å². The fourth-order valence-electron chi connectivity index (χ4n) is 2.90. The highest BCUT2D eigenvalue weighted by Crippen LogP contribution is 2.33. The van der Waals surface area contributed by atoms with Crippen molar-refractivity contribution < 1.29 is 0 Å². The molecule has 0 atom stereocenters. The molecule has 0 bridgehead atoms. The first kappa shape index (κ1) is 13.6. The van der Waals surface area contributed by atoms with Gasteiger partial charge in [-0.25, -0.2) is 0 Å². The summed E-state index contributed by atoms with van der Waals surface area (Å²) in [5.41, 5.74) is 4.08. The first-order chi connectivity index (χ1) is 9.88. The van der Waals surface area contributed by atoms with Crippen molar-refractivity contribution in [1.29, 1.82) is 0 Å². The van der Waals surface area contributed by atoms with E-state index in [1.807, 2.05) is 0 Å². The number of benzene rings is 2. The number of thioether (sulfide) groups is 1. The van der Waals surface area contributed by atoms with E-state index >= 15 is 0 Å². The smallest absolute Gasteiger partial charge is 0.0445 e. The van der Waals surface area contributed by atoms with Crippen molar-refractivity contribution in [1.82, 2.24) is 0 Å². The van der Waals surface area contributed by atoms with Gasteiger partial charge in [0, 0.05) is 29.2 Å². The zero-order chi connectivity index (χ0) is 13.8. The van der Waals surface area contributed by atoms with Gasteiger partial charge in [-0.3, -0.25) is 0 Å². The maximum atomic E-state index is 2.54. The summed E-state index contributed by atoms with van der Waals surface area (Å²) in [5.74, 6) is 0. The third-order valence-electron chi connectivity index (χ3n) is 4.00. The highest BCUT2D eigenvalue weighted by Gasteiger charge is 2.14. The lowest BCUT2D eigenvalue weighted by atomic mass is 10.0. The predicted octanol–water partition coefficient (Wildman–Crippen LogP) is 5.07. The summed E-state index contributed by atoms with van der Waals surface area (Å²) >= 11 is 1.79. The second-order valence-corrected chi connectivity index (χ2v) is 6.17. The van der Waals surface area contributed by atoms with Gasteiger partial charge >= 0.3 is 0 Å². The van der Waals surface area contributed by atoms with Crippen molar-refractivity contribution in [3.05, 3.63) is 48.5 Å². The number of anilines is 1. The van der Waals surface area contributed by atoms with E-state index in [9.17, 15) is 0 Å². The minimum atomic E-state index is 1.19. The Morgan fingerprint density at radius 3 is 2.25 bits per heavy atom. The van der Waals surface area contributed by atoms with Crippen LogP contribution in [0, 0.1) is 0 Å². The fourth-order valence-corrected chi connectivity index (χ4v) is 3.31. The van der Waals surface area contributed by atoms with E-state index in [0.717, 1.165) is 0 Å². The minimum Gasteiger partial charge on any atom is -0.371 e. The van der Waals surface area contributed by atoms with Gasteiger partial charge in [-0.2, -0.15) is 0 Å². The number of piperidine rings is 1. The Morgan fingerprint density at radius 1 is 0.850 bits per heavy atom. The average Bonchev–Trinajstić information content (AvgIpc) is 2.56. The number of hydrogen-bond acceptors (Lipinski definition) is 2. The summed E-state index contributed by atoms with van der Waals surface area (Å²) in [6.45, 7) is 2.39. The van der Waals surface area contributed by atoms with Gasteiger partial charge in [-0.15, -0.1) is 11.8 Å². The van der Waals surface area contributed by atoms with E-state index in [1.165, 1.54) is 54.1 Å². The molecule has 1 fully saturated rings. The maximum absolute atomic E-state index is 2.54. The monoisotopic (exact) mass is 283 g/mol. The lowest BCUT2D eigenvalue weighted by molar-refractivity contribution is 0.578. The fraction of sp³-hybridized carbons (Fsp3) is 0.333. The highest BCUT2D eigenvalue weighted by molar-refractivity contribution is 7.98. The molecule has 2 aromatic rings. The standard InChI is InChI=1S/C18H21NS/c1-20-16-11-9-15(10-12-16)17-7-3-4-8-18(17)19-13-5-2-6-14-19/h3-4,7-12H,2,5-6,13-14H2,1H3. The van der Waals surface area contributed by atoms with Crippen LogP contribution in [0.2, 0.25) is 0 Å². The molecule has 0 amide bonds. The summed E-state index contributed by atoms with van der Waals surface area (Å²) < 4.78 is 0. The van der Waals surface area contributed by atoms with Crippen LogP contribution in [0.3, 0.4) is 0 Å². The van der Waals surface area contributed by atoms with E-state index in [2.05, 4.69) is 59.7 Å². The van der Waals surface area contributed by atoms with Crippen LogP contribution in [0.25, 0.3) is 11.1 Å². The Hall–Kier alpha value is -1.41. The number of nitrogens with zero attached hydrogens (tertiary/aromatic N) is 1. The molecule has 0 radical (unpaired) electrons. The minimum absolute atomic E-state index is 1.19. The Morgan fingerprint density at radius 2 is 1.55 bits per heavy atom. The van der Waals surface area contributed by atoms with Gasteiger partial charge in [0.25, 0.3) is 0 Å². The van der Waals surface area contributed by atoms with Crippen molar-refractivity contribution in [2.24, 2.45) is 0 Å². The maximum Gasteiger partial charge on any atom is 0.0445 e. The van der Waals surface area contributed by atoms with Crippen LogP contribution in [0.5, 0.6) is 0 Å². The molecular weight excluding hydrogens is 262 g/mol. The SMILES string of the molecule is CSc1ccc(-c2ccccc2N2CCCCC2)cc1. The number of para-hydroxylation sites is 1. The highest BCUT2D eigenvalue weighted by atomic mass is 32.2. The lowest BCUT2D eigenvalue weighted by Gasteiger charge is -2.30. The second-order valence-electron chi connectivity index (χ2n) is 5.29. The second kappa shape index (κ2) is 6.36. The predicted molar refractivity (Wildman–Crippen MR) is 89.7 cm³/mol. The zero-order valence-corrected chi connectivity index (χ0v) is 12.8. The molecule has 1 nitrogen and oxygen atoms in total. The van der Waals surface area contributed by atoms with Crippen LogP contribution in [0.4, 0.5) is 5.69 Å². The molecule has 0 spiro atoms. The summed E-state index contributed by atoms with van der Waals surface area (Å²) in [7, 11) is 0. The van der Waals surface area contributed by atoms with Gasteiger partial charge in [0.15, 0.2) is 0 Å². The third kappa shape index (κ3) is 2.85. The van der Waals surface area contributed by atoms with E-state index in [-0.39, 0.29) is 0 Å². The molecule has 0 aromatic heterocycles. The molecule has 1 heterocycles. The van der Waals surface area contributed by atoms with Gasteiger partial charge in [0.1, 0.15) is 0 Å². The topological polar surface area (TPSA) is 3.24 Å². The van der Waals surface area contributed by atoms with Crippen LogP contribution in [0.15, 0.2) is 53.4 Å². The third-order valence-corrected chi connectivity index (χ3v) is 4.75. The van der Waals surface area contributed by atoms with E-state index in [0.29, 0.717) is 0 Å². The Bertz CT molecular complexity index is 556. The van der Waals surface area contributed by atoms with Crippen LogP contribution < -0.4 is 4.90 Å². The molecule has 1 aliphatic heterocycles. The molecule has 3 rings (SSSR count). The van der Waals surface area contributed by atoms with Crippen molar-refractivity contribution in [2.45, 2.75) is 24.2 Å². The van der Waals surface area contributed by atoms with E-state index in [1.54, 1.807) is 11.8 Å². The summed E-state index contributed by atoms with van der Waals surface area (Å²) in [5, 5.41) is 0. The molecule has 104 valence electrons. The quantitative estimate of drug-likeness (QED) is 0.724. The van der Waals surface area contributed by atoms with Gasteiger partial charge in [-0.05, 0) is 49.3 Å². The molecule has 0 unspecified atom stereocenters. The van der Waals surface area contributed by atoms with Gasteiger partial charge in [0.05, 0.1) is 0 Å². The number of hydrogen-bond donors (Lipinski definition) is 0. The van der Waals surface area contributed by atoms with Crippen LogP contribution >= 0.6 is 11.8 Å². The Balaban J connectivity index is 1.95. The van der Waals surface area contributed by atoms with E-state index in [4.69, 9.17) is 0 Å².